The number of nitrogens with zero attached hydrogens (tertiary/aromatic N) is 1. The van der Waals surface area contributed by atoms with Crippen LogP contribution in [0.25, 0.3) is 0 Å². The van der Waals surface area contributed by atoms with Crippen molar-refractivity contribution < 1.29 is 9.53 Å². The first-order chi connectivity index (χ1) is 8.81. The minimum Gasteiger partial charge on any atom is -0.462 e. The largest absolute Gasteiger partial charge is 0.462 e. The number of ether oxygens (including phenoxy) is 1. The summed E-state index contributed by atoms with van der Waals surface area (Å²) in [5.41, 5.74) is 0.505. The fourth-order valence-electron chi connectivity index (χ4n) is 2.06. The molecule has 0 aliphatic carbocycles. The summed E-state index contributed by atoms with van der Waals surface area (Å²) in [6, 6.07) is 3.81. The van der Waals surface area contributed by atoms with E-state index in [2.05, 4.69) is 15.6 Å². The van der Waals surface area contributed by atoms with Gasteiger partial charge in [-0.2, -0.15) is 0 Å². The molecule has 1 saturated heterocycles. The van der Waals surface area contributed by atoms with Gasteiger partial charge in [0.15, 0.2) is 0 Å². The Hall–Kier alpha value is -1.04. The number of rotatable bonds is 4. The molecule has 1 fully saturated rings. The van der Waals surface area contributed by atoms with Crippen LogP contribution in [0.15, 0.2) is 18.3 Å². The molecular weight excluding hydrogens is 301 g/mol. The Morgan fingerprint density at radius 3 is 3.00 bits per heavy atom. The monoisotopic (exact) mass is 321 g/mol. The number of esters is 1. The Morgan fingerprint density at radius 2 is 2.35 bits per heavy atom. The molecule has 0 unspecified atom stereocenters. The number of nitrogens with one attached hydrogen (secondary N) is 2. The Balaban J connectivity index is 0.00000180. The zero-order valence-electron chi connectivity index (χ0n) is 11.4. The van der Waals surface area contributed by atoms with Gasteiger partial charge in [-0.15, -0.1) is 24.8 Å². The van der Waals surface area contributed by atoms with Gasteiger partial charge in [-0.1, -0.05) is 0 Å². The van der Waals surface area contributed by atoms with Crippen LogP contribution < -0.4 is 10.6 Å². The summed E-state index contributed by atoms with van der Waals surface area (Å²) in [4.78, 5) is 16.0. The average Bonchev–Trinajstić information content (AvgIpc) is 2.41. The van der Waals surface area contributed by atoms with Crippen LogP contribution in [-0.4, -0.2) is 36.7 Å². The first-order valence-electron chi connectivity index (χ1n) is 6.40. The summed E-state index contributed by atoms with van der Waals surface area (Å²) < 4.78 is 5.02. The van der Waals surface area contributed by atoms with Gasteiger partial charge in [-0.05, 0) is 38.4 Å². The zero-order valence-corrected chi connectivity index (χ0v) is 13.1. The van der Waals surface area contributed by atoms with Crippen LogP contribution in [0.1, 0.15) is 30.1 Å². The third-order valence-electron chi connectivity index (χ3n) is 2.94. The lowest BCUT2D eigenvalue weighted by Gasteiger charge is -2.24. The second-order valence-corrected chi connectivity index (χ2v) is 4.31. The molecule has 2 heterocycles. The summed E-state index contributed by atoms with van der Waals surface area (Å²) in [5.74, 6) is 0.293. The van der Waals surface area contributed by atoms with E-state index in [-0.39, 0.29) is 30.8 Å². The topological polar surface area (TPSA) is 63.2 Å². The molecule has 7 heteroatoms. The fraction of sp³-hybridized carbons (Fsp3) is 0.538. The molecule has 5 nitrogen and oxygen atoms in total. The number of hydrogen-bond acceptors (Lipinski definition) is 5. The highest BCUT2D eigenvalue weighted by molar-refractivity contribution is 5.94. The Morgan fingerprint density at radius 1 is 1.55 bits per heavy atom. The highest BCUT2D eigenvalue weighted by Gasteiger charge is 2.18. The molecule has 0 saturated carbocycles. The van der Waals surface area contributed by atoms with Crippen LogP contribution in [0.5, 0.6) is 0 Å². The second-order valence-electron chi connectivity index (χ2n) is 4.31. The van der Waals surface area contributed by atoms with Gasteiger partial charge in [-0.25, -0.2) is 9.78 Å². The molecule has 1 atom stereocenters. The smallest absolute Gasteiger partial charge is 0.341 e. The quantitative estimate of drug-likeness (QED) is 0.833. The lowest BCUT2D eigenvalue weighted by Crippen LogP contribution is -2.39. The van der Waals surface area contributed by atoms with Crippen LogP contribution in [0.2, 0.25) is 0 Å². The Kier molecular flexibility index (Phi) is 9.29. The van der Waals surface area contributed by atoms with Crippen LogP contribution in [0.4, 0.5) is 5.82 Å². The van der Waals surface area contributed by atoms with Gasteiger partial charge in [0.2, 0.25) is 0 Å². The Bertz CT molecular complexity index is 412. The van der Waals surface area contributed by atoms with Crippen LogP contribution in [-0.2, 0) is 4.74 Å². The number of pyridine rings is 1. The maximum absolute atomic E-state index is 11.8. The number of halogens is 2. The van der Waals surface area contributed by atoms with Gasteiger partial charge < -0.3 is 15.4 Å². The van der Waals surface area contributed by atoms with Gasteiger partial charge in [0, 0.05) is 18.8 Å². The lowest BCUT2D eigenvalue weighted by molar-refractivity contribution is 0.0527. The van der Waals surface area contributed by atoms with Crippen LogP contribution in [0.3, 0.4) is 0 Å². The van der Waals surface area contributed by atoms with E-state index in [4.69, 9.17) is 4.74 Å². The second kappa shape index (κ2) is 9.80. The molecule has 1 aromatic heterocycles. The van der Waals surface area contributed by atoms with Crippen molar-refractivity contribution in [1.29, 1.82) is 0 Å². The summed E-state index contributed by atoms with van der Waals surface area (Å²) in [7, 11) is 0. The molecule has 2 rings (SSSR count). The molecule has 2 N–H and O–H groups in total. The van der Waals surface area contributed by atoms with E-state index in [0.29, 0.717) is 24.0 Å². The Labute approximate surface area is 131 Å². The average molecular weight is 322 g/mol. The molecule has 20 heavy (non-hydrogen) atoms. The van der Waals surface area contributed by atoms with Crippen molar-refractivity contribution in [1.82, 2.24) is 10.3 Å². The van der Waals surface area contributed by atoms with Crippen LogP contribution in [0, 0.1) is 0 Å². The van der Waals surface area contributed by atoms with E-state index in [1.54, 1.807) is 25.3 Å². The zero-order chi connectivity index (χ0) is 12.8. The number of piperidine rings is 1. The van der Waals surface area contributed by atoms with E-state index < -0.39 is 0 Å². The van der Waals surface area contributed by atoms with Crippen molar-refractivity contribution in [3.05, 3.63) is 23.9 Å². The standard InChI is InChI=1S/C13H19N3O2.2ClH/c1-2-18-13(17)11-6-4-8-15-12(11)16-10-5-3-7-14-9-10;;/h4,6,8,10,14H,2-3,5,7,9H2,1H3,(H,15,16);2*1H/t10-;;/m1../s1. The third kappa shape index (κ3) is 5.15. The predicted octanol–water partition coefficient (Wildman–Crippen LogP) is 2.27. The van der Waals surface area contributed by atoms with E-state index in [9.17, 15) is 4.79 Å². The summed E-state index contributed by atoms with van der Waals surface area (Å²) >= 11 is 0. The van der Waals surface area contributed by atoms with Crippen molar-refractivity contribution in [3.63, 3.8) is 0 Å². The van der Waals surface area contributed by atoms with E-state index in [1.165, 1.54) is 0 Å². The van der Waals surface area contributed by atoms with Crippen LogP contribution >= 0.6 is 24.8 Å². The number of hydrogen-bond donors (Lipinski definition) is 2. The van der Waals surface area contributed by atoms with Crippen molar-refractivity contribution in [3.8, 4) is 0 Å². The first-order valence-corrected chi connectivity index (χ1v) is 6.40. The molecule has 114 valence electrons. The summed E-state index contributed by atoms with van der Waals surface area (Å²) in [6.45, 7) is 4.13. The summed E-state index contributed by atoms with van der Waals surface area (Å²) in [6.07, 6.45) is 3.91. The number of carbonyl (C=O) groups excluding carboxylic acids is 1. The molecule has 1 aromatic rings. The number of carbonyl (C=O) groups is 1. The predicted molar refractivity (Wildman–Crippen MR) is 84.2 cm³/mol. The molecule has 1 aliphatic rings. The summed E-state index contributed by atoms with van der Waals surface area (Å²) in [5, 5.41) is 6.64. The molecule has 0 amide bonds. The maximum Gasteiger partial charge on any atom is 0.341 e. The highest BCUT2D eigenvalue weighted by Crippen LogP contribution is 2.16. The van der Waals surface area contributed by atoms with Gasteiger partial charge >= 0.3 is 5.97 Å². The minimum atomic E-state index is -0.322. The van der Waals surface area contributed by atoms with E-state index >= 15 is 0 Å². The van der Waals surface area contributed by atoms with Crippen molar-refractivity contribution in [2.24, 2.45) is 0 Å². The van der Waals surface area contributed by atoms with Crippen molar-refractivity contribution in [2.45, 2.75) is 25.8 Å². The van der Waals surface area contributed by atoms with E-state index in [1.807, 2.05) is 0 Å². The number of aromatic nitrogens is 1. The molecule has 1 aliphatic heterocycles. The molecule has 0 radical (unpaired) electrons. The SMILES string of the molecule is CCOC(=O)c1cccnc1N[C@@H]1CCCNC1.Cl.Cl. The van der Waals surface area contributed by atoms with Gasteiger partial charge in [0.05, 0.1) is 6.61 Å². The lowest BCUT2D eigenvalue weighted by atomic mass is 10.1. The molecule has 0 spiro atoms. The van der Waals surface area contributed by atoms with Gasteiger partial charge in [0.25, 0.3) is 0 Å². The molecule has 0 aromatic carbocycles. The first kappa shape index (κ1) is 19.0. The molecule has 0 bridgehead atoms. The van der Waals surface area contributed by atoms with Crippen molar-refractivity contribution >= 4 is 36.6 Å². The van der Waals surface area contributed by atoms with Crippen molar-refractivity contribution in [2.75, 3.05) is 25.0 Å². The number of anilines is 1. The maximum atomic E-state index is 11.8. The highest BCUT2D eigenvalue weighted by atomic mass is 35.5. The normalized spacial score (nSPS) is 17.4. The molecular formula is C13H21Cl2N3O2. The third-order valence-corrected chi connectivity index (χ3v) is 2.94. The van der Waals surface area contributed by atoms with Gasteiger partial charge in [0.1, 0.15) is 11.4 Å². The fourth-order valence-corrected chi connectivity index (χ4v) is 2.06. The van der Waals surface area contributed by atoms with E-state index in [0.717, 1.165) is 25.9 Å². The van der Waals surface area contributed by atoms with Gasteiger partial charge in [-0.3, -0.25) is 0 Å². The minimum absolute atomic E-state index is 0.